The summed E-state index contributed by atoms with van der Waals surface area (Å²) in [6.07, 6.45) is 1.12. The molecule has 0 fully saturated rings. The first-order valence-electron chi connectivity index (χ1n) is 9.49. The molecule has 0 bridgehead atoms. The number of ether oxygens (including phenoxy) is 3. The summed E-state index contributed by atoms with van der Waals surface area (Å²) < 4.78 is 16.1. The Morgan fingerprint density at radius 3 is 1.64 bits per heavy atom. The lowest BCUT2D eigenvalue weighted by atomic mass is 9.96. The Morgan fingerprint density at radius 1 is 0.821 bits per heavy atom. The number of carbonyl (C=O) groups excluding carboxylic acids is 3. The van der Waals surface area contributed by atoms with Crippen LogP contribution < -0.4 is 5.32 Å². The summed E-state index contributed by atoms with van der Waals surface area (Å²) in [7, 11) is 0. The second-order valence-corrected chi connectivity index (χ2v) is 9.72. The van der Waals surface area contributed by atoms with Gasteiger partial charge in [-0.2, -0.15) is 0 Å². The average molecular weight is 400 g/mol. The third-order valence-corrected chi connectivity index (χ3v) is 3.09. The fourth-order valence-corrected chi connectivity index (χ4v) is 2.20. The number of esters is 2. The van der Waals surface area contributed by atoms with E-state index in [1.54, 1.807) is 68.4 Å². The van der Waals surface area contributed by atoms with Crippen LogP contribution in [0.25, 0.3) is 0 Å². The number of amides is 1. The van der Waals surface area contributed by atoms with Crippen LogP contribution in [-0.2, 0) is 23.8 Å². The van der Waals surface area contributed by atoms with Gasteiger partial charge in [0.1, 0.15) is 22.8 Å². The predicted molar refractivity (Wildman–Crippen MR) is 108 cm³/mol. The molecule has 7 nitrogen and oxygen atoms in total. The smallest absolute Gasteiger partial charge is 0.408 e. The summed E-state index contributed by atoms with van der Waals surface area (Å²) in [4.78, 5) is 37.4. The van der Waals surface area contributed by atoms with Crippen molar-refractivity contribution in [1.29, 1.82) is 0 Å². The van der Waals surface area contributed by atoms with E-state index in [0.717, 1.165) is 0 Å². The van der Waals surface area contributed by atoms with Crippen molar-refractivity contribution in [1.82, 2.24) is 5.32 Å². The van der Waals surface area contributed by atoms with Crippen molar-refractivity contribution in [3.05, 3.63) is 12.7 Å². The molecule has 2 unspecified atom stereocenters. The van der Waals surface area contributed by atoms with E-state index < -0.39 is 46.8 Å². The van der Waals surface area contributed by atoms with Gasteiger partial charge in [0.25, 0.3) is 0 Å². The van der Waals surface area contributed by atoms with E-state index in [9.17, 15) is 14.4 Å². The highest BCUT2D eigenvalue weighted by molar-refractivity contribution is 5.83. The van der Waals surface area contributed by atoms with E-state index in [1.165, 1.54) is 0 Å². The molecule has 1 amide bonds. The van der Waals surface area contributed by atoms with Crippen molar-refractivity contribution in [3.63, 3.8) is 0 Å². The molecule has 0 aliphatic carbocycles. The first kappa shape index (κ1) is 26.0. The topological polar surface area (TPSA) is 90.9 Å². The van der Waals surface area contributed by atoms with Gasteiger partial charge in [0.05, 0.1) is 5.92 Å². The van der Waals surface area contributed by atoms with Crippen molar-refractivity contribution in [2.75, 3.05) is 0 Å². The molecule has 0 aliphatic heterocycles. The van der Waals surface area contributed by atoms with Crippen LogP contribution in [-0.4, -0.2) is 40.9 Å². The van der Waals surface area contributed by atoms with Crippen LogP contribution in [0.2, 0.25) is 0 Å². The van der Waals surface area contributed by atoms with E-state index in [4.69, 9.17) is 14.2 Å². The fraction of sp³-hybridized carbons (Fsp3) is 0.762. The zero-order valence-electron chi connectivity index (χ0n) is 18.8. The molecule has 0 spiro atoms. The summed E-state index contributed by atoms with van der Waals surface area (Å²) in [6.45, 7) is 19.3. The summed E-state index contributed by atoms with van der Waals surface area (Å²) in [5.74, 6) is -1.77. The maximum atomic E-state index is 12.6. The minimum absolute atomic E-state index is 0.00902. The van der Waals surface area contributed by atoms with Crippen LogP contribution in [0.1, 0.15) is 75.2 Å². The normalized spacial score (nSPS) is 14.5. The predicted octanol–water partition coefficient (Wildman–Crippen LogP) is 4.15. The summed E-state index contributed by atoms with van der Waals surface area (Å²) in [6, 6.07) is -1.06. The third-order valence-electron chi connectivity index (χ3n) is 3.09. The minimum Gasteiger partial charge on any atom is -0.460 e. The highest BCUT2D eigenvalue weighted by Crippen LogP contribution is 2.21. The minimum atomic E-state index is -1.06. The van der Waals surface area contributed by atoms with E-state index in [1.807, 2.05) is 0 Å². The van der Waals surface area contributed by atoms with Crippen molar-refractivity contribution >= 4 is 18.0 Å². The van der Waals surface area contributed by atoms with Gasteiger partial charge in [0, 0.05) is 0 Å². The zero-order valence-corrected chi connectivity index (χ0v) is 18.8. The highest BCUT2D eigenvalue weighted by atomic mass is 16.6. The van der Waals surface area contributed by atoms with Gasteiger partial charge in [0.2, 0.25) is 0 Å². The van der Waals surface area contributed by atoms with E-state index in [-0.39, 0.29) is 6.42 Å². The summed E-state index contributed by atoms with van der Waals surface area (Å²) in [5.41, 5.74) is -2.14. The van der Waals surface area contributed by atoms with Gasteiger partial charge >= 0.3 is 18.0 Å². The molecule has 162 valence electrons. The first-order valence-corrected chi connectivity index (χ1v) is 9.49. The number of rotatable bonds is 7. The van der Waals surface area contributed by atoms with Gasteiger partial charge in [-0.3, -0.25) is 4.79 Å². The van der Waals surface area contributed by atoms with Crippen LogP contribution in [0.3, 0.4) is 0 Å². The lowest BCUT2D eigenvalue weighted by Gasteiger charge is -2.29. The van der Waals surface area contributed by atoms with Gasteiger partial charge in [-0.05, 0) is 75.2 Å². The monoisotopic (exact) mass is 399 g/mol. The molecular weight excluding hydrogens is 362 g/mol. The van der Waals surface area contributed by atoms with Gasteiger partial charge < -0.3 is 19.5 Å². The molecule has 0 radical (unpaired) electrons. The summed E-state index contributed by atoms with van der Waals surface area (Å²) >= 11 is 0. The molecule has 0 saturated carbocycles. The van der Waals surface area contributed by atoms with Crippen molar-refractivity contribution in [2.45, 2.75) is 98.0 Å². The number of alkyl carbamates (subject to hydrolysis) is 1. The number of nitrogens with one attached hydrogen (secondary N) is 1. The highest BCUT2D eigenvalue weighted by Gasteiger charge is 2.34. The second-order valence-electron chi connectivity index (χ2n) is 9.72. The van der Waals surface area contributed by atoms with Crippen LogP contribution >= 0.6 is 0 Å². The molecule has 0 aromatic carbocycles. The summed E-state index contributed by atoms with van der Waals surface area (Å²) in [5, 5.41) is 2.52. The molecule has 0 rings (SSSR count). The molecular formula is C21H37NO6. The number of hydrogen-bond acceptors (Lipinski definition) is 6. The largest absolute Gasteiger partial charge is 0.460 e. The Bertz CT molecular complexity index is 563. The van der Waals surface area contributed by atoms with E-state index in [2.05, 4.69) is 11.9 Å². The Balaban J connectivity index is 5.49. The second kappa shape index (κ2) is 9.94. The lowest BCUT2D eigenvalue weighted by molar-refractivity contribution is -0.162. The van der Waals surface area contributed by atoms with Gasteiger partial charge in [0.15, 0.2) is 0 Å². The third kappa shape index (κ3) is 12.4. The molecule has 1 N–H and O–H groups in total. The van der Waals surface area contributed by atoms with Crippen molar-refractivity contribution < 1.29 is 28.6 Å². The molecule has 0 aliphatic rings. The van der Waals surface area contributed by atoms with Crippen molar-refractivity contribution in [3.8, 4) is 0 Å². The number of hydrogen-bond donors (Lipinski definition) is 1. The molecule has 0 heterocycles. The molecule has 0 saturated heterocycles. The van der Waals surface area contributed by atoms with Crippen LogP contribution in [0.4, 0.5) is 4.79 Å². The Kier molecular flexibility index (Phi) is 9.21. The fourth-order valence-electron chi connectivity index (χ4n) is 2.20. The Labute approximate surface area is 169 Å². The zero-order chi connectivity index (χ0) is 22.3. The Morgan fingerprint density at radius 2 is 1.25 bits per heavy atom. The van der Waals surface area contributed by atoms with E-state index in [0.29, 0.717) is 6.42 Å². The quantitative estimate of drug-likeness (QED) is 0.393. The van der Waals surface area contributed by atoms with Crippen LogP contribution in [0.15, 0.2) is 12.7 Å². The maximum Gasteiger partial charge on any atom is 0.408 e. The maximum absolute atomic E-state index is 12.6. The van der Waals surface area contributed by atoms with Gasteiger partial charge in [-0.15, -0.1) is 6.58 Å². The first-order chi connectivity index (χ1) is 12.4. The molecule has 28 heavy (non-hydrogen) atoms. The Hall–Kier alpha value is -2.05. The number of allylic oxidation sites excluding steroid dienone is 1. The molecule has 2 atom stereocenters. The van der Waals surface area contributed by atoms with E-state index >= 15 is 0 Å². The lowest BCUT2D eigenvalue weighted by Crippen LogP contribution is -2.47. The SMILES string of the molecule is C=CCC(CC(NC(=O)OC(C)(C)C)C(=O)OC(C)(C)C)C(=O)OC(C)(C)C. The molecule has 7 heteroatoms. The van der Waals surface area contributed by atoms with Crippen molar-refractivity contribution in [2.24, 2.45) is 5.92 Å². The average Bonchev–Trinajstić information content (AvgIpc) is 2.39. The van der Waals surface area contributed by atoms with Gasteiger partial charge in [-0.1, -0.05) is 6.08 Å². The van der Waals surface area contributed by atoms with Crippen LogP contribution in [0.5, 0.6) is 0 Å². The molecule has 0 aromatic heterocycles. The van der Waals surface area contributed by atoms with Gasteiger partial charge in [-0.25, -0.2) is 9.59 Å². The van der Waals surface area contributed by atoms with Crippen LogP contribution in [0, 0.1) is 5.92 Å². The number of carbonyl (C=O) groups is 3. The standard InChI is InChI=1S/C21H37NO6/c1-11-12-14(16(23)26-19(2,3)4)13-15(17(24)27-20(5,6)7)22-18(25)28-21(8,9)10/h11,14-15H,1,12-13H2,2-10H3,(H,22,25). The molecule has 0 aromatic rings.